The molecular weight excluding hydrogens is 321 g/mol. The summed E-state index contributed by atoms with van der Waals surface area (Å²) in [6, 6.07) is 4.09. The second kappa shape index (κ2) is 5.27. The van der Waals surface area contributed by atoms with Crippen LogP contribution in [0.4, 0.5) is 4.39 Å². The molecule has 18 heavy (non-hydrogen) atoms. The van der Waals surface area contributed by atoms with Crippen LogP contribution < -0.4 is 4.72 Å². The van der Waals surface area contributed by atoms with Crippen LogP contribution in [0.3, 0.4) is 0 Å². The first-order valence-electron chi connectivity index (χ1n) is 5.51. The van der Waals surface area contributed by atoms with Crippen molar-refractivity contribution in [2.45, 2.75) is 38.5 Å². The van der Waals surface area contributed by atoms with Crippen molar-refractivity contribution in [2.75, 3.05) is 0 Å². The third-order valence-electron chi connectivity index (χ3n) is 2.58. The smallest absolute Gasteiger partial charge is 0.212 e. The number of halogens is 2. The summed E-state index contributed by atoms with van der Waals surface area (Å²) in [5.74, 6) is -0.408. The van der Waals surface area contributed by atoms with Gasteiger partial charge in [-0.25, -0.2) is 17.5 Å². The van der Waals surface area contributed by atoms with Crippen LogP contribution in [0.15, 0.2) is 22.7 Å². The zero-order valence-electron chi connectivity index (χ0n) is 10.8. The Morgan fingerprint density at radius 3 is 2.33 bits per heavy atom. The van der Waals surface area contributed by atoms with E-state index in [2.05, 4.69) is 20.7 Å². The highest BCUT2D eigenvalue weighted by molar-refractivity contribution is 9.10. The first-order chi connectivity index (χ1) is 8.04. The van der Waals surface area contributed by atoms with Crippen molar-refractivity contribution >= 4 is 26.0 Å². The van der Waals surface area contributed by atoms with E-state index in [1.165, 1.54) is 6.07 Å². The Balaban J connectivity index is 2.96. The van der Waals surface area contributed by atoms with Crippen molar-refractivity contribution < 1.29 is 12.8 Å². The Morgan fingerprint density at radius 2 is 1.89 bits per heavy atom. The Hall–Kier alpha value is -0.460. The molecule has 0 aromatic heterocycles. The highest BCUT2D eigenvalue weighted by Crippen LogP contribution is 2.23. The van der Waals surface area contributed by atoms with E-state index in [1.54, 1.807) is 39.8 Å². The fourth-order valence-electron chi connectivity index (χ4n) is 1.26. The summed E-state index contributed by atoms with van der Waals surface area (Å²) >= 11 is 3.06. The fourth-order valence-corrected chi connectivity index (χ4v) is 2.46. The lowest BCUT2D eigenvalue weighted by Gasteiger charge is -2.23. The Morgan fingerprint density at radius 1 is 1.33 bits per heavy atom. The predicted octanol–water partition coefficient (Wildman–Crippen LogP) is 3.37. The Kier molecular flexibility index (Phi) is 4.56. The lowest BCUT2D eigenvalue weighted by molar-refractivity contribution is 0.530. The molecule has 1 aromatic rings. The topological polar surface area (TPSA) is 46.2 Å². The van der Waals surface area contributed by atoms with E-state index in [0.29, 0.717) is 10.0 Å². The quantitative estimate of drug-likeness (QED) is 0.919. The van der Waals surface area contributed by atoms with Gasteiger partial charge in [-0.15, -0.1) is 0 Å². The number of hydrogen-bond donors (Lipinski definition) is 1. The van der Waals surface area contributed by atoms with Gasteiger partial charge < -0.3 is 0 Å². The van der Waals surface area contributed by atoms with Crippen LogP contribution in [0.2, 0.25) is 0 Å². The van der Waals surface area contributed by atoms with Gasteiger partial charge in [-0.2, -0.15) is 0 Å². The second-order valence-corrected chi connectivity index (χ2v) is 8.45. The molecule has 0 aliphatic heterocycles. The van der Waals surface area contributed by atoms with E-state index < -0.39 is 26.6 Å². The van der Waals surface area contributed by atoms with Crippen LogP contribution in [0.5, 0.6) is 0 Å². The van der Waals surface area contributed by atoms with Gasteiger partial charge >= 0.3 is 0 Å². The van der Waals surface area contributed by atoms with E-state index in [1.807, 2.05) is 0 Å². The minimum Gasteiger partial charge on any atom is -0.212 e. The van der Waals surface area contributed by atoms with Gasteiger partial charge in [-0.1, -0.05) is 6.07 Å². The molecule has 1 atom stereocenters. The molecule has 6 heteroatoms. The molecule has 0 spiro atoms. The third-order valence-corrected chi connectivity index (χ3v) is 5.50. The molecule has 102 valence electrons. The van der Waals surface area contributed by atoms with Gasteiger partial charge in [0.15, 0.2) is 0 Å². The van der Waals surface area contributed by atoms with Crippen molar-refractivity contribution in [2.24, 2.45) is 0 Å². The number of hydrogen-bond acceptors (Lipinski definition) is 2. The van der Waals surface area contributed by atoms with Crippen LogP contribution in [-0.4, -0.2) is 13.2 Å². The van der Waals surface area contributed by atoms with Gasteiger partial charge in [-0.3, -0.25) is 0 Å². The molecule has 3 nitrogen and oxygen atoms in total. The van der Waals surface area contributed by atoms with Crippen molar-refractivity contribution in [3.8, 4) is 0 Å². The molecular formula is C12H17BrFNO2S. The van der Waals surface area contributed by atoms with E-state index in [9.17, 15) is 12.8 Å². The molecule has 0 saturated heterocycles. The molecule has 0 aliphatic carbocycles. The average Bonchev–Trinajstić information content (AvgIpc) is 2.19. The predicted molar refractivity (Wildman–Crippen MR) is 74.3 cm³/mol. The van der Waals surface area contributed by atoms with Gasteiger partial charge in [0, 0.05) is 6.04 Å². The minimum absolute atomic E-state index is 0.358. The van der Waals surface area contributed by atoms with Crippen LogP contribution >= 0.6 is 15.9 Å². The molecule has 0 aliphatic rings. The first-order valence-corrected chi connectivity index (χ1v) is 7.79. The Labute approximate surface area is 116 Å². The molecule has 1 aromatic carbocycles. The first kappa shape index (κ1) is 15.6. The molecule has 0 saturated carbocycles. The van der Waals surface area contributed by atoms with E-state index in [-0.39, 0.29) is 0 Å². The van der Waals surface area contributed by atoms with Gasteiger partial charge in [-0.05, 0) is 61.3 Å². The summed E-state index contributed by atoms with van der Waals surface area (Å²) in [7, 11) is -3.45. The summed E-state index contributed by atoms with van der Waals surface area (Å²) in [5, 5.41) is 0. The van der Waals surface area contributed by atoms with Gasteiger partial charge in [0.2, 0.25) is 10.0 Å². The summed E-state index contributed by atoms with van der Waals surface area (Å²) < 4.78 is 39.3. The van der Waals surface area contributed by atoms with Crippen LogP contribution in [0, 0.1) is 5.82 Å². The van der Waals surface area contributed by atoms with Crippen molar-refractivity contribution in [1.29, 1.82) is 0 Å². The van der Waals surface area contributed by atoms with Crippen LogP contribution in [0.25, 0.3) is 0 Å². The summed E-state index contributed by atoms with van der Waals surface area (Å²) in [5.41, 5.74) is 0.587. The number of rotatable bonds is 3. The van der Waals surface area contributed by atoms with E-state index in [4.69, 9.17) is 0 Å². The normalized spacial score (nSPS) is 14.6. The van der Waals surface area contributed by atoms with E-state index >= 15 is 0 Å². The molecule has 0 heterocycles. The second-order valence-electron chi connectivity index (χ2n) is 5.13. The van der Waals surface area contributed by atoms with Crippen molar-refractivity contribution in [3.63, 3.8) is 0 Å². The van der Waals surface area contributed by atoms with Gasteiger partial charge in [0.25, 0.3) is 0 Å². The minimum atomic E-state index is -3.45. The standard InChI is InChI=1S/C12H17BrFNO2S/c1-8(15-18(16,17)12(2,3)4)9-5-6-10(13)11(14)7-9/h5-8,15H,1-4H3. The molecule has 0 radical (unpaired) electrons. The summed E-state index contributed by atoms with van der Waals surface area (Å²) in [4.78, 5) is 0. The van der Waals surface area contributed by atoms with E-state index in [0.717, 1.165) is 0 Å². The summed E-state index contributed by atoms with van der Waals surface area (Å²) in [6.45, 7) is 6.53. The molecule has 1 rings (SSSR count). The lowest BCUT2D eigenvalue weighted by Crippen LogP contribution is -2.40. The zero-order chi connectivity index (χ0) is 14.1. The highest BCUT2D eigenvalue weighted by atomic mass is 79.9. The average molecular weight is 338 g/mol. The highest BCUT2D eigenvalue weighted by Gasteiger charge is 2.30. The number of sulfonamides is 1. The van der Waals surface area contributed by atoms with Gasteiger partial charge in [0.1, 0.15) is 5.82 Å². The fraction of sp³-hybridized carbons (Fsp3) is 0.500. The van der Waals surface area contributed by atoms with Crippen LogP contribution in [-0.2, 0) is 10.0 Å². The SMILES string of the molecule is CC(NS(=O)(=O)C(C)(C)C)c1ccc(Br)c(F)c1. The maximum Gasteiger partial charge on any atom is 0.217 e. The van der Waals surface area contributed by atoms with Crippen molar-refractivity contribution in [1.82, 2.24) is 4.72 Å². The molecule has 1 unspecified atom stereocenters. The molecule has 0 bridgehead atoms. The van der Waals surface area contributed by atoms with Crippen LogP contribution in [0.1, 0.15) is 39.3 Å². The number of nitrogens with one attached hydrogen (secondary N) is 1. The van der Waals surface area contributed by atoms with Crippen molar-refractivity contribution in [3.05, 3.63) is 34.1 Å². The molecule has 0 amide bonds. The Bertz CT molecular complexity index is 537. The molecule has 0 fully saturated rings. The number of benzene rings is 1. The maximum atomic E-state index is 13.4. The largest absolute Gasteiger partial charge is 0.217 e. The summed E-state index contributed by atoms with van der Waals surface area (Å²) in [6.07, 6.45) is 0. The molecule has 1 N–H and O–H groups in total. The third kappa shape index (κ3) is 3.52. The monoisotopic (exact) mass is 337 g/mol. The lowest BCUT2D eigenvalue weighted by atomic mass is 10.1. The van der Waals surface area contributed by atoms with Gasteiger partial charge in [0.05, 0.1) is 9.22 Å². The zero-order valence-corrected chi connectivity index (χ0v) is 13.2. The maximum absolute atomic E-state index is 13.4.